The van der Waals surface area contributed by atoms with Gasteiger partial charge >= 0.3 is 0 Å². The van der Waals surface area contributed by atoms with E-state index in [2.05, 4.69) is 25.9 Å². The third kappa shape index (κ3) is 4.46. The van der Waals surface area contributed by atoms with Crippen molar-refractivity contribution in [3.05, 3.63) is 76.7 Å². The van der Waals surface area contributed by atoms with Gasteiger partial charge in [0.1, 0.15) is 23.0 Å². The Labute approximate surface area is 196 Å². The zero-order chi connectivity index (χ0) is 24.4. The molecule has 1 aromatic heterocycles. The fourth-order valence-corrected chi connectivity index (χ4v) is 4.12. The van der Waals surface area contributed by atoms with E-state index >= 15 is 0 Å². The normalized spacial score (nSPS) is 19.4. The molecule has 176 valence electrons. The molecule has 0 bridgehead atoms. The number of hydrogen-bond donors (Lipinski definition) is 3. The first kappa shape index (κ1) is 23.3. The van der Waals surface area contributed by atoms with Gasteiger partial charge in [0.05, 0.1) is 5.69 Å². The summed E-state index contributed by atoms with van der Waals surface area (Å²) in [5.41, 5.74) is 2.21. The first-order valence-electron chi connectivity index (χ1n) is 11.1. The largest absolute Gasteiger partial charge is 0.355 e. The molecule has 0 aliphatic heterocycles. The molecule has 1 aromatic carbocycles. The van der Waals surface area contributed by atoms with Crippen molar-refractivity contribution in [2.45, 2.75) is 26.7 Å². The van der Waals surface area contributed by atoms with Crippen LogP contribution >= 0.6 is 0 Å². The molecule has 2 aliphatic carbocycles. The maximum Gasteiger partial charge on any atom is 0.256 e. The molecule has 0 spiro atoms. The minimum absolute atomic E-state index is 0.0000307. The predicted octanol–water partition coefficient (Wildman–Crippen LogP) is 4.66. The number of benzene rings is 1. The van der Waals surface area contributed by atoms with Crippen LogP contribution in [-0.4, -0.2) is 28.7 Å². The molecule has 3 N–H and O–H groups in total. The molecule has 0 radical (unpaired) electrons. The Kier molecular flexibility index (Phi) is 6.54. The number of halogens is 2. The van der Waals surface area contributed by atoms with E-state index in [1.54, 1.807) is 0 Å². The van der Waals surface area contributed by atoms with Gasteiger partial charge in [0.2, 0.25) is 5.95 Å². The molecular formula is C25H25F2N5O2. The van der Waals surface area contributed by atoms with E-state index in [-0.39, 0.29) is 40.6 Å². The van der Waals surface area contributed by atoms with Crippen molar-refractivity contribution in [1.29, 1.82) is 0 Å². The topological polar surface area (TPSA) is 96.0 Å². The molecule has 0 saturated heterocycles. The van der Waals surface area contributed by atoms with Crippen molar-refractivity contribution in [2.75, 3.05) is 17.7 Å². The van der Waals surface area contributed by atoms with Gasteiger partial charge in [-0.05, 0) is 30.5 Å². The molecule has 7 nitrogen and oxygen atoms in total. The third-order valence-corrected chi connectivity index (χ3v) is 5.98. The van der Waals surface area contributed by atoms with Crippen LogP contribution in [-0.2, 0) is 4.79 Å². The van der Waals surface area contributed by atoms with Crippen LogP contribution in [0.2, 0.25) is 0 Å². The molecule has 1 amide bonds. The highest BCUT2D eigenvalue weighted by molar-refractivity contribution is 6.05. The van der Waals surface area contributed by atoms with E-state index in [1.165, 1.54) is 19.3 Å². The standard InChI is InChI=1S/C25H25F2N5O2/c1-4-14-6-5-7-16-13(2)10-20(21(16)22(14)33)30-23-17(24(34)28-3)12-29-25(32-23)31-19-9-8-15(26)11-18(19)27/h5,7-14H,4,6H2,1-3H3,(H,28,34)(H2,29,30,31,32). The van der Waals surface area contributed by atoms with Gasteiger partial charge in [-0.3, -0.25) is 9.59 Å². The minimum Gasteiger partial charge on any atom is -0.355 e. The molecule has 34 heavy (non-hydrogen) atoms. The van der Waals surface area contributed by atoms with Gasteiger partial charge in [0, 0.05) is 42.4 Å². The number of ketones is 1. The zero-order valence-corrected chi connectivity index (χ0v) is 19.1. The van der Waals surface area contributed by atoms with Crippen LogP contribution < -0.4 is 16.0 Å². The van der Waals surface area contributed by atoms with Gasteiger partial charge in [0.25, 0.3) is 5.91 Å². The summed E-state index contributed by atoms with van der Waals surface area (Å²) in [6.45, 7) is 3.98. The number of nitrogens with zero attached hydrogens (tertiary/aromatic N) is 2. The summed E-state index contributed by atoms with van der Waals surface area (Å²) in [6, 6.07) is 3.08. The maximum atomic E-state index is 14.1. The highest BCUT2D eigenvalue weighted by atomic mass is 19.1. The van der Waals surface area contributed by atoms with Crippen LogP contribution in [0, 0.1) is 23.5 Å². The van der Waals surface area contributed by atoms with Gasteiger partial charge in [-0.15, -0.1) is 0 Å². The Morgan fingerprint density at radius 1 is 1.24 bits per heavy atom. The van der Waals surface area contributed by atoms with Crippen LogP contribution in [0.4, 0.5) is 26.2 Å². The van der Waals surface area contributed by atoms with Crippen LogP contribution in [0.15, 0.2) is 59.5 Å². The average molecular weight is 466 g/mol. The molecular weight excluding hydrogens is 440 g/mol. The highest BCUT2D eigenvalue weighted by Crippen LogP contribution is 2.38. The fourth-order valence-electron chi connectivity index (χ4n) is 4.12. The average Bonchev–Trinajstić information content (AvgIpc) is 3.01. The zero-order valence-electron chi connectivity index (χ0n) is 19.1. The summed E-state index contributed by atoms with van der Waals surface area (Å²) >= 11 is 0. The van der Waals surface area contributed by atoms with Crippen molar-refractivity contribution in [2.24, 2.45) is 11.8 Å². The number of allylic oxidation sites excluding steroid dienone is 5. The Hall–Kier alpha value is -3.88. The highest BCUT2D eigenvalue weighted by Gasteiger charge is 2.33. The summed E-state index contributed by atoms with van der Waals surface area (Å²) in [7, 11) is 1.48. The van der Waals surface area contributed by atoms with E-state index < -0.39 is 17.5 Å². The number of hydrogen-bond acceptors (Lipinski definition) is 6. The third-order valence-electron chi connectivity index (χ3n) is 5.98. The summed E-state index contributed by atoms with van der Waals surface area (Å²) in [6.07, 6.45) is 8.64. The monoisotopic (exact) mass is 465 g/mol. The molecule has 2 atom stereocenters. The number of Topliss-reactive ketones (excluding diaryl/α,β-unsaturated/α-hetero) is 1. The number of amides is 1. The van der Waals surface area contributed by atoms with Crippen molar-refractivity contribution in [3.63, 3.8) is 0 Å². The van der Waals surface area contributed by atoms with E-state index in [4.69, 9.17) is 0 Å². The van der Waals surface area contributed by atoms with Crippen molar-refractivity contribution >= 4 is 29.1 Å². The maximum absolute atomic E-state index is 14.1. The van der Waals surface area contributed by atoms with Crippen molar-refractivity contribution in [3.8, 4) is 0 Å². The Morgan fingerprint density at radius 2 is 2.03 bits per heavy atom. The van der Waals surface area contributed by atoms with Crippen LogP contribution in [0.3, 0.4) is 0 Å². The van der Waals surface area contributed by atoms with E-state index in [0.717, 1.165) is 24.1 Å². The lowest BCUT2D eigenvalue weighted by Crippen LogP contribution is -2.23. The van der Waals surface area contributed by atoms with Crippen LogP contribution in [0.1, 0.15) is 37.0 Å². The first-order chi connectivity index (χ1) is 16.3. The SMILES string of the molecule is CCC1CC=CC2=C(C1=O)C(Nc1nc(Nc3ccc(F)cc3F)ncc1C(=O)NC)=CC2C. The van der Waals surface area contributed by atoms with Crippen LogP contribution in [0.25, 0.3) is 0 Å². The van der Waals surface area contributed by atoms with Crippen molar-refractivity contribution < 1.29 is 18.4 Å². The number of nitrogens with one attached hydrogen (secondary N) is 3. The molecule has 4 rings (SSSR count). The number of anilines is 3. The summed E-state index contributed by atoms with van der Waals surface area (Å²) in [5, 5.41) is 8.39. The Morgan fingerprint density at radius 3 is 2.74 bits per heavy atom. The van der Waals surface area contributed by atoms with Crippen molar-refractivity contribution in [1.82, 2.24) is 15.3 Å². The minimum atomic E-state index is -0.808. The molecule has 2 unspecified atom stereocenters. The lowest BCUT2D eigenvalue weighted by Gasteiger charge is -2.17. The molecule has 1 heterocycles. The summed E-state index contributed by atoms with van der Waals surface area (Å²) in [5.74, 6) is -1.86. The lowest BCUT2D eigenvalue weighted by molar-refractivity contribution is -0.118. The number of carbonyl (C=O) groups is 2. The number of carbonyl (C=O) groups excluding carboxylic acids is 2. The van der Waals surface area contributed by atoms with Gasteiger partial charge in [-0.1, -0.05) is 32.1 Å². The van der Waals surface area contributed by atoms with E-state index in [9.17, 15) is 18.4 Å². The van der Waals surface area contributed by atoms with E-state index in [0.29, 0.717) is 17.7 Å². The molecule has 0 fully saturated rings. The Balaban J connectivity index is 1.71. The number of rotatable bonds is 6. The first-order valence-corrected chi connectivity index (χ1v) is 11.1. The second-order valence-corrected chi connectivity index (χ2v) is 8.22. The predicted molar refractivity (Wildman–Crippen MR) is 126 cm³/mol. The molecule has 9 heteroatoms. The summed E-state index contributed by atoms with van der Waals surface area (Å²) in [4.78, 5) is 34.2. The summed E-state index contributed by atoms with van der Waals surface area (Å²) < 4.78 is 27.4. The van der Waals surface area contributed by atoms with Crippen LogP contribution in [0.5, 0.6) is 0 Å². The second-order valence-electron chi connectivity index (χ2n) is 8.22. The fraction of sp³-hybridized carbons (Fsp3) is 0.280. The molecule has 0 saturated carbocycles. The van der Waals surface area contributed by atoms with E-state index in [1.807, 2.05) is 32.1 Å². The quantitative estimate of drug-likeness (QED) is 0.575. The molecule has 2 aromatic rings. The molecule has 2 aliphatic rings. The second kappa shape index (κ2) is 9.54. The Bertz CT molecular complexity index is 1250. The van der Waals surface area contributed by atoms with Gasteiger partial charge in [-0.2, -0.15) is 4.98 Å². The smallest absolute Gasteiger partial charge is 0.256 e. The lowest BCUT2D eigenvalue weighted by atomic mass is 9.91. The van der Waals surface area contributed by atoms with Gasteiger partial charge < -0.3 is 16.0 Å². The number of aromatic nitrogens is 2. The van der Waals surface area contributed by atoms with Gasteiger partial charge in [-0.25, -0.2) is 13.8 Å². The van der Waals surface area contributed by atoms with Gasteiger partial charge in [0.15, 0.2) is 5.78 Å².